The fourth-order valence-corrected chi connectivity index (χ4v) is 2.83. The highest BCUT2D eigenvalue weighted by molar-refractivity contribution is 6.00. The van der Waals surface area contributed by atoms with E-state index in [9.17, 15) is 9.59 Å². The number of nitrogens with zero attached hydrogens (tertiary/aromatic N) is 2. The molecule has 3 amide bonds. The number of hydrogen-bond acceptors (Lipinski definition) is 3. The number of piperazine rings is 1. The van der Waals surface area contributed by atoms with Crippen molar-refractivity contribution >= 4 is 17.6 Å². The zero-order chi connectivity index (χ0) is 14.3. The van der Waals surface area contributed by atoms with Gasteiger partial charge in [0.25, 0.3) is 5.91 Å². The average Bonchev–Trinajstić information content (AvgIpc) is 2.82. The van der Waals surface area contributed by atoms with Crippen molar-refractivity contribution in [1.82, 2.24) is 15.1 Å². The number of para-hydroxylation sites is 1. The number of urea groups is 1. The van der Waals surface area contributed by atoms with E-state index in [0.29, 0.717) is 37.4 Å². The van der Waals surface area contributed by atoms with E-state index in [0.717, 1.165) is 5.56 Å². The van der Waals surface area contributed by atoms with Gasteiger partial charge < -0.3 is 20.9 Å². The molecule has 1 aromatic rings. The van der Waals surface area contributed by atoms with Gasteiger partial charge in [-0.1, -0.05) is 12.1 Å². The van der Waals surface area contributed by atoms with Crippen molar-refractivity contribution in [2.45, 2.75) is 13.0 Å². The molecule has 3 rings (SSSR count). The van der Waals surface area contributed by atoms with Gasteiger partial charge in [-0.15, -0.1) is 0 Å². The Morgan fingerprint density at radius 3 is 3.00 bits per heavy atom. The Morgan fingerprint density at radius 2 is 2.20 bits per heavy atom. The summed E-state index contributed by atoms with van der Waals surface area (Å²) in [5.74, 6) is -0.0507. The summed E-state index contributed by atoms with van der Waals surface area (Å²) in [5.41, 5.74) is 8.00. The van der Waals surface area contributed by atoms with Gasteiger partial charge in [-0.05, 0) is 18.6 Å². The number of benzene rings is 1. The van der Waals surface area contributed by atoms with Gasteiger partial charge in [0.05, 0.1) is 11.6 Å². The molecule has 2 saturated heterocycles. The minimum absolute atomic E-state index is 0.0304. The van der Waals surface area contributed by atoms with Gasteiger partial charge in [0, 0.05) is 31.9 Å². The molecule has 0 radical (unpaired) electrons. The second-order valence-electron chi connectivity index (χ2n) is 5.32. The molecular weight excluding hydrogens is 256 g/mol. The highest BCUT2D eigenvalue weighted by Gasteiger charge is 2.37. The molecular formula is C14H18N4O2. The summed E-state index contributed by atoms with van der Waals surface area (Å²) < 4.78 is 0. The zero-order valence-corrected chi connectivity index (χ0v) is 11.4. The van der Waals surface area contributed by atoms with Crippen LogP contribution in [0.25, 0.3) is 0 Å². The predicted molar refractivity (Wildman–Crippen MR) is 75.4 cm³/mol. The van der Waals surface area contributed by atoms with Crippen molar-refractivity contribution in [2.24, 2.45) is 0 Å². The number of nitrogens with two attached hydrogens (primary N) is 1. The van der Waals surface area contributed by atoms with E-state index in [4.69, 9.17) is 5.73 Å². The van der Waals surface area contributed by atoms with Crippen LogP contribution in [-0.2, 0) is 0 Å². The number of hydrogen-bond donors (Lipinski definition) is 2. The lowest BCUT2D eigenvalue weighted by molar-refractivity contribution is 0.0618. The monoisotopic (exact) mass is 274 g/mol. The molecule has 2 heterocycles. The van der Waals surface area contributed by atoms with Crippen LogP contribution in [0.3, 0.4) is 0 Å². The van der Waals surface area contributed by atoms with Gasteiger partial charge in [-0.25, -0.2) is 4.79 Å². The van der Waals surface area contributed by atoms with Gasteiger partial charge in [0.15, 0.2) is 0 Å². The smallest absolute Gasteiger partial charge is 0.317 e. The summed E-state index contributed by atoms with van der Waals surface area (Å²) in [7, 11) is 0. The number of nitrogens with one attached hydrogen (secondary N) is 1. The van der Waals surface area contributed by atoms with E-state index in [1.807, 2.05) is 19.1 Å². The van der Waals surface area contributed by atoms with Crippen LogP contribution in [0.5, 0.6) is 0 Å². The second-order valence-corrected chi connectivity index (χ2v) is 5.32. The van der Waals surface area contributed by atoms with Gasteiger partial charge in [0.1, 0.15) is 0 Å². The zero-order valence-electron chi connectivity index (χ0n) is 11.4. The molecule has 3 N–H and O–H groups in total. The summed E-state index contributed by atoms with van der Waals surface area (Å²) >= 11 is 0. The molecule has 0 bridgehead atoms. The Labute approximate surface area is 117 Å². The molecule has 1 atom stereocenters. The van der Waals surface area contributed by atoms with Crippen LogP contribution in [0.4, 0.5) is 10.5 Å². The average molecular weight is 274 g/mol. The van der Waals surface area contributed by atoms with E-state index in [1.165, 1.54) is 0 Å². The Bertz CT molecular complexity index is 572. The number of anilines is 1. The summed E-state index contributed by atoms with van der Waals surface area (Å²) in [6.07, 6.45) is 0. The maximum Gasteiger partial charge on any atom is 0.317 e. The van der Waals surface area contributed by atoms with E-state index in [-0.39, 0.29) is 18.0 Å². The normalized spacial score (nSPS) is 21.6. The lowest BCUT2D eigenvalue weighted by Crippen LogP contribution is -2.53. The highest BCUT2D eigenvalue weighted by atomic mass is 16.2. The lowest BCUT2D eigenvalue weighted by atomic mass is 10.1. The number of amides is 3. The maximum atomic E-state index is 12.6. The number of rotatable bonds is 1. The SMILES string of the molecule is Cc1cccc(C(=O)N2CCN3C(=O)NCC3C2)c1N. The highest BCUT2D eigenvalue weighted by Crippen LogP contribution is 2.21. The molecule has 6 nitrogen and oxygen atoms in total. The molecule has 2 aliphatic heterocycles. The van der Waals surface area contributed by atoms with Gasteiger partial charge in [-0.3, -0.25) is 4.79 Å². The summed E-state index contributed by atoms with van der Waals surface area (Å²) in [5, 5.41) is 2.81. The molecule has 0 saturated carbocycles. The van der Waals surface area contributed by atoms with E-state index in [1.54, 1.807) is 15.9 Å². The molecule has 1 aromatic carbocycles. The maximum absolute atomic E-state index is 12.6. The van der Waals surface area contributed by atoms with Crippen molar-refractivity contribution in [2.75, 3.05) is 31.9 Å². The first-order valence-corrected chi connectivity index (χ1v) is 6.77. The Hall–Kier alpha value is -2.24. The number of aryl methyl sites for hydroxylation is 1. The quantitative estimate of drug-likeness (QED) is 0.729. The fourth-order valence-electron chi connectivity index (χ4n) is 2.83. The standard InChI is InChI=1S/C14H18N4O2/c1-9-3-2-4-11(12(9)15)13(19)17-5-6-18-10(8-17)7-16-14(18)20/h2-4,10H,5-8,15H2,1H3,(H,16,20). The largest absolute Gasteiger partial charge is 0.398 e. The molecule has 2 aliphatic rings. The second kappa shape index (κ2) is 4.70. The number of nitrogen functional groups attached to an aromatic ring is 1. The summed E-state index contributed by atoms with van der Waals surface area (Å²) in [6, 6.07) is 5.54. The number of carbonyl (C=O) groups excluding carboxylic acids is 2. The Kier molecular flexibility index (Phi) is 3.00. The van der Waals surface area contributed by atoms with Crippen molar-refractivity contribution in [3.63, 3.8) is 0 Å². The first-order valence-electron chi connectivity index (χ1n) is 6.77. The van der Waals surface area contributed by atoms with Crippen molar-refractivity contribution < 1.29 is 9.59 Å². The van der Waals surface area contributed by atoms with Crippen LogP contribution in [0, 0.1) is 6.92 Å². The third-order valence-electron chi connectivity index (χ3n) is 4.07. The molecule has 0 aliphatic carbocycles. The van der Waals surface area contributed by atoms with Crippen molar-refractivity contribution in [3.05, 3.63) is 29.3 Å². The number of carbonyl (C=O) groups is 2. The van der Waals surface area contributed by atoms with Gasteiger partial charge >= 0.3 is 6.03 Å². The Morgan fingerprint density at radius 1 is 1.40 bits per heavy atom. The molecule has 0 aromatic heterocycles. The van der Waals surface area contributed by atoms with Crippen LogP contribution in [-0.4, -0.2) is 54.0 Å². The van der Waals surface area contributed by atoms with Crippen LogP contribution in [0.15, 0.2) is 18.2 Å². The molecule has 2 fully saturated rings. The first-order chi connectivity index (χ1) is 9.58. The molecule has 106 valence electrons. The van der Waals surface area contributed by atoms with Crippen molar-refractivity contribution in [1.29, 1.82) is 0 Å². The van der Waals surface area contributed by atoms with Crippen molar-refractivity contribution in [3.8, 4) is 0 Å². The molecule has 1 unspecified atom stereocenters. The van der Waals surface area contributed by atoms with E-state index < -0.39 is 0 Å². The van der Waals surface area contributed by atoms with Crippen LogP contribution >= 0.6 is 0 Å². The molecule has 6 heteroatoms. The van der Waals surface area contributed by atoms with E-state index in [2.05, 4.69) is 5.32 Å². The van der Waals surface area contributed by atoms with Gasteiger partial charge in [-0.2, -0.15) is 0 Å². The summed E-state index contributed by atoms with van der Waals surface area (Å²) in [4.78, 5) is 27.7. The fraction of sp³-hybridized carbons (Fsp3) is 0.429. The first kappa shape index (κ1) is 12.8. The van der Waals surface area contributed by atoms with Crippen LogP contribution < -0.4 is 11.1 Å². The predicted octanol–water partition coefficient (Wildman–Crippen LogP) is 0.427. The molecule has 0 spiro atoms. The summed E-state index contributed by atoms with van der Waals surface area (Å²) in [6.45, 7) is 4.19. The third-order valence-corrected chi connectivity index (χ3v) is 4.07. The van der Waals surface area contributed by atoms with Crippen LogP contribution in [0.1, 0.15) is 15.9 Å². The van der Waals surface area contributed by atoms with Gasteiger partial charge in [0.2, 0.25) is 0 Å². The number of fused-ring (bicyclic) bond motifs is 1. The third kappa shape index (κ3) is 1.97. The lowest BCUT2D eigenvalue weighted by Gasteiger charge is -2.36. The minimum atomic E-state index is -0.0507. The Balaban J connectivity index is 1.79. The van der Waals surface area contributed by atoms with E-state index >= 15 is 0 Å². The molecule has 20 heavy (non-hydrogen) atoms. The topological polar surface area (TPSA) is 78.7 Å². The minimum Gasteiger partial charge on any atom is -0.398 e. The van der Waals surface area contributed by atoms with Crippen LogP contribution in [0.2, 0.25) is 0 Å².